The van der Waals surface area contributed by atoms with E-state index in [0.717, 1.165) is 5.56 Å². The van der Waals surface area contributed by atoms with Crippen LogP contribution in [0.15, 0.2) is 72.8 Å². The van der Waals surface area contributed by atoms with Crippen molar-refractivity contribution >= 4 is 5.69 Å². The predicted molar refractivity (Wildman–Crippen MR) is 96.3 cm³/mol. The van der Waals surface area contributed by atoms with Gasteiger partial charge in [0.2, 0.25) is 0 Å². The third-order valence-corrected chi connectivity index (χ3v) is 3.73. The van der Waals surface area contributed by atoms with Crippen LogP contribution in [0.5, 0.6) is 17.2 Å². The van der Waals surface area contributed by atoms with E-state index in [2.05, 4.69) is 0 Å². The van der Waals surface area contributed by atoms with Gasteiger partial charge in [0, 0.05) is 6.07 Å². The lowest BCUT2D eigenvalue weighted by atomic mass is 10.2. The van der Waals surface area contributed by atoms with Gasteiger partial charge in [0.1, 0.15) is 23.9 Å². The maximum atomic E-state index is 10.9. The van der Waals surface area contributed by atoms with E-state index in [1.165, 1.54) is 18.2 Å². The molecule has 132 valence electrons. The highest BCUT2D eigenvalue weighted by molar-refractivity contribution is 5.46. The molecule has 0 amide bonds. The Kier molecular flexibility index (Phi) is 5.46. The predicted octanol–water partition coefficient (Wildman–Crippen LogP) is 4.46. The molecule has 3 aromatic rings. The van der Waals surface area contributed by atoms with Crippen LogP contribution in [-0.2, 0) is 13.2 Å². The largest absolute Gasteiger partial charge is 0.489 e. The lowest BCUT2D eigenvalue weighted by Gasteiger charge is -2.09. The van der Waals surface area contributed by atoms with Gasteiger partial charge < -0.3 is 14.6 Å². The molecule has 0 saturated heterocycles. The Labute approximate surface area is 150 Å². The summed E-state index contributed by atoms with van der Waals surface area (Å²) in [5.74, 6) is 1.69. The van der Waals surface area contributed by atoms with E-state index in [9.17, 15) is 15.2 Å². The van der Waals surface area contributed by atoms with Crippen LogP contribution in [0.2, 0.25) is 0 Å². The molecule has 0 atom stereocenters. The van der Waals surface area contributed by atoms with Gasteiger partial charge in [-0.1, -0.05) is 30.3 Å². The van der Waals surface area contributed by atoms with Crippen molar-refractivity contribution in [2.24, 2.45) is 0 Å². The molecule has 0 saturated carbocycles. The van der Waals surface area contributed by atoms with Crippen LogP contribution in [0.4, 0.5) is 5.69 Å². The van der Waals surface area contributed by atoms with Crippen LogP contribution in [0.25, 0.3) is 0 Å². The molecule has 0 spiro atoms. The summed E-state index contributed by atoms with van der Waals surface area (Å²) in [6.07, 6.45) is 0. The summed E-state index contributed by atoms with van der Waals surface area (Å²) >= 11 is 0. The highest BCUT2D eigenvalue weighted by Crippen LogP contribution is 2.28. The number of nitro groups is 1. The van der Waals surface area contributed by atoms with Gasteiger partial charge in [-0.05, 0) is 42.0 Å². The number of hydrogen-bond donors (Lipinski definition) is 1. The number of nitro benzene ring substituents is 1. The molecule has 0 fully saturated rings. The fraction of sp³-hybridized carbons (Fsp3) is 0.100. The van der Waals surface area contributed by atoms with Gasteiger partial charge in [-0.3, -0.25) is 10.1 Å². The normalized spacial score (nSPS) is 10.3. The van der Waals surface area contributed by atoms with E-state index >= 15 is 0 Å². The number of aliphatic hydroxyl groups excluding tert-OH is 1. The second-order valence-corrected chi connectivity index (χ2v) is 5.55. The van der Waals surface area contributed by atoms with Gasteiger partial charge in [-0.15, -0.1) is 0 Å². The number of benzene rings is 3. The molecule has 0 aromatic heterocycles. The second-order valence-electron chi connectivity index (χ2n) is 5.55. The Bertz CT molecular complexity index is 878. The van der Waals surface area contributed by atoms with E-state index in [1.807, 2.05) is 30.3 Å². The summed E-state index contributed by atoms with van der Waals surface area (Å²) in [5, 5.41) is 20.2. The first-order chi connectivity index (χ1) is 12.7. The summed E-state index contributed by atoms with van der Waals surface area (Å²) in [7, 11) is 0. The highest BCUT2D eigenvalue weighted by atomic mass is 16.6. The zero-order valence-corrected chi connectivity index (χ0v) is 13.9. The van der Waals surface area contributed by atoms with E-state index in [4.69, 9.17) is 9.47 Å². The summed E-state index contributed by atoms with van der Waals surface area (Å²) in [5.41, 5.74) is 1.15. The molecule has 3 rings (SSSR count). The van der Waals surface area contributed by atoms with E-state index in [-0.39, 0.29) is 11.3 Å². The maximum absolute atomic E-state index is 10.9. The van der Waals surface area contributed by atoms with Crippen LogP contribution in [0.1, 0.15) is 11.1 Å². The fourth-order valence-corrected chi connectivity index (χ4v) is 2.41. The van der Waals surface area contributed by atoms with Gasteiger partial charge >= 0.3 is 0 Å². The van der Waals surface area contributed by atoms with Gasteiger partial charge in [-0.2, -0.15) is 0 Å². The fourth-order valence-electron chi connectivity index (χ4n) is 2.41. The molecule has 0 heterocycles. The van der Waals surface area contributed by atoms with Crippen LogP contribution in [0, 0.1) is 10.1 Å². The van der Waals surface area contributed by atoms with E-state index < -0.39 is 11.5 Å². The number of ether oxygens (including phenoxy) is 2. The Hall–Kier alpha value is -3.38. The Balaban J connectivity index is 1.65. The molecule has 6 nitrogen and oxygen atoms in total. The Morgan fingerprint density at radius 2 is 1.54 bits per heavy atom. The van der Waals surface area contributed by atoms with Crippen LogP contribution in [-0.4, -0.2) is 10.0 Å². The van der Waals surface area contributed by atoms with Gasteiger partial charge in [0.25, 0.3) is 5.69 Å². The molecule has 26 heavy (non-hydrogen) atoms. The van der Waals surface area contributed by atoms with Crippen molar-refractivity contribution in [1.29, 1.82) is 0 Å². The van der Waals surface area contributed by atoms with Gasteiger partial charge in [0.15, 0.2) is 0 Å². The number of rotatable bonds is 7. The monoisotopic (exact) mass is 351 g/mol. The minimum atomic E-state index is -0.534. The zero-order valence-electron chi connectivity index (χ0n) is 13.9. The topological polar surface area (TPSA) is 81.8 Å². The molecule has 0 radical (unpaired) electrons. The zero-order chi connectivity index (χ0) is 18.4. The maximum Gasteiger partial charge on any atom is 0.275 e. The van der Waals surface area contributed by atoms with Crippen molar-refractivity contribution in [2.45, 2.75) is 13.2 Å². The van der Waals surface area contributed by atoms with E-state index in [0.29, 0.717) is 23.9 Å². The first-order valence-corrected chi connectivity index (χ1v) is 7.98. The number of hydrogen-bond acceptors (Lipinski definition) is 5. The summed E-state index contributed by atoms with van der Waals surface area (Å²) < 4.78 is 11.4. The van der Waals surface area contributed by atoms with Crippen molar-refractivity contribution < 1.29 is 19.5 Å². The number of aliphatic hydroxyl groups is 1. The molecular formula is C20H17NO5. The van der Waals surface area contributed by atoms with Crippen molar-refractivity contribution in [2.75, 3.05) is 0 Å². The summed E-state index contributed by atoms with van der Waals surface area (Å²) in [4.78, 5) is 10.4. The molecular weight excluding hydrogens is 334 g/mol. The molecule has 6 heteroatoms. The first kappa shape index (κ1) is 17.4. The van der Waals surface area contributed by atoms with Gasteiger partial charge in [-0.25, -0.2) is 0 Å². The van der Waals surface area contributed by atoms with Crippen molar-refractivity contribution in [3.05, 3.63) is 94.0 Å². The third-order valence-electron chi connectivity index (χ3n) is 3.73. The Morgan fingerprint density at radius 3 is 2.19 bits per heavy atom. The van der Waals surface area contributed by atoms with Gasteiger partial charge in [0.05, 0.1) is 17.1 Å². The lowest BCUT2D eigenvalue weighted by molar-refractivity contribution is -0.385. The SMILES string of the molecule is O=[N+]([O-])c1ccc(Oc2ccc(OCc3ccccc3)cc2)cc1CO. The molecule has 0 aliphatic heterocycles. The van der Waals surface area contributed by atoms with Crippen LogP contribution >= 0.6 is 0 Å². The average Bonchev–Trinajstić information content (AvgIpc) is 2.68. The van der Waals surface area contributed by atoms with Crippen molar-refractivity contribution in [1.82, 2.24) is 0 Å². The first-order valence-electron chi connectivity index (χ1n) is 7.98. The standard InChI is InChI=1S/C20H17NO5/c22-13-16-12-19(10-11-20(16)21(23)24)26-18-8-6-17(7-9-18)25-14-15-4-2-1-3-5-15/h1-12,22H,13-14H2. The van der Waals surface area contributed by atoms with Crippen LogP contribution in [0.3, 0.4) is 0 Å². The quantitative estimate of drug-likeness (QED) is 0.502. The van der Waals surface area contributed by atoms with E-state index in [1.54, 1.807) is 24.3 Å². The van der Waals surface area contributed by atoms with Crippen molar-refractivity contribution in [3.63, 3.8) is 0 Å². The van der Waals surface area contributed by atoms with Crippen molar-refractivity contribution in [3.8, 4) is 17.2 Å². The van der Waals surface area contributed by atoms with Crippen LogP contribution < -0.4 is 9.47 Å². The lowest BCUT2D eigenvalue weighted by Crippen LogP contribution is -1.96. The Morgan fingerprint density at radius 1 is 0.885 bits per heavy atom. The smallest absolute Gasteiger partial charge is 0.275 e. The average molecular weight is 351 g/mol. The summed E-state index contributed by atoms with van der Waals surface area (Å²) in [6.45, 7) is 0.0447. The molecule has 1 N–H and O–H groups in total. The minimum absolute atomic E-state index is 0.135. The summed E-state index contributed by atoms with van der Waals surface area (Å²) in [6, 6.07) is 21.2. The molecule has 0 aliphatic carbocycles. The third kappa shape index (κ3) is 4.37. The molecule has 0 bridgehead atoms. The number of nitrogens with zero attached hydrogens (tertiary/aromatic N) is 1. The molecule has 3 aromatic carbocycles. The highest BCUT2D eigenvalue weighted by Gasteiger charge is 2.14. The minimum Gasteiger partial charge on any atom is -0.489 e. The molecule has 0 unspecified atom stereocenters. The second kappa shape index (κ2) is 8.13. The molecule has 0 aliphatic rings.